The van der Waals surface area contributed by atoms with E-state index in [1.54, 1.807) is 0 Å². The molecule has 0 N–H and O–H groups in total. The number of imide groups is 1. The molecule has 5 aromatic carbocycles. The minimum Gasteiger partial charge on any atom is -0.457 e. The first-order valence-corrected chi connectivity index (χ1v) is 15.7. The van der Waals surface area contributed by atoms with Gasteiger partial charge in [-0.15, -0.1) is 0 Å². The molecule has 0 saturated carbocycles. The second-order valence-corrected chi connectivity index (χ2v) is 12.1. The largest absolute Gasteiger partial charge is 0.457 e. The molecule has 2 amide bonds. The molecule has 0 atom stereocenters. The molecule has 0 aromatic heterocycles. The molecule has 0 saturated heterocycles. The number of hydrogen-bond acceptors (Lipinski definition) is 3. The summed E-state index contributed by atoms with van der Waals surface area (Å²) in [5, 5.41) is 0. The van der Waals surface area contributed by atoms with Crippen molar-refractivity contribution in [1.29, 1.82) is 0 Å². The van der Waals surface area contributed by atoms with Crippen molar-refractivity contribution in [1.82, 2.24) is 0 Å². The van der Waals surface area contributed by atoms with Gasteiger partial charge < -0.3 is 4.74 Å². The molecule has 228 valence electrons. The number of amides is 2. The topological polar surface area (TPSA) is 46.6 Å². The molecule has 0 spiro atoms. The highest BCUT2D eigenvalue weighted by Gasteiger charge is 2.42. The van der Waals surface area contributed by atoms with Gasteiger partial charge in [0.1, 0.15) is 11.5 Å². The minimum absolute atomic E-state index is 0.118. The van der Waals surface area contributed by atoms with Gasteiger partial charge in [0.25, 0.3) is 11.8 Å². The fourth-order valence-corrected chi connectivity index (χ4v) is 5.87. The SMILES string of the molecule is CC(C)c1cccc(C(C)C)c1N1C(=O)C(c2ccc(/C=C/c3ccccc3)cc2)=C(c2ccc(Oc3ccccc3)cc2)C1=O. The predicted molar refractivity (Wildman–Crippen MR) is 189 cm³/mol. The van der Waals surface area contributed by atoms with E-state index in [-0.39, 0.29) is 23.7 Å². The Labute approximate surface area is 271 Å². The van der Waals surface area contributed by atoms with E-state index in [1.807, 2.05) is 121 Å². The van der Waals surface area contributed by atoms with Gasteiger partial charge >= 0.3 is 0 Å². The number of ether oxygens (including phenoxy) is 1. The zero-order valence-corrected chi connectivity index (χ0v) is 26.6. The number of carbonyl (C=O) groups excluding carboxylic acids is 2. The smallest absolute Gasteiger partial charge is 0.266 e. The molecule has 0 radical (unpaired) electrons. The molecule has 1 aliphatic heterocycles. The third kappa shape index (κ3) is 6.20. The molecule has 0 aliphatic carbocycles. The van der Waals surface area contributed by atoms with Crippen LogP contribution in [-0.4, -0.2) is 11.8 Å². The highest BCUT2D eigenvalue weighted by molar-refractivity contribution is 6.57. The number of hydrogen-bond donors (Lipinski definition) is 0. The molecule has 1 aliphatic rings. The van der Waals surface area contributed by atoms with Crippen molar-refractivity contribution in [3.8, 4) is 11.5 Å². The van der Waals surface area contributed by atoms with Gasteiger partial charge in [0, 0.05) is 0 Å². The van der Waals surface area contributed by atoms with Crippen LogP contribution in [0.2, 0.25) is 0 Å². The van der Waals surface area contributed by atoms with Crippen LogP contribution in [-0.2, 0) is 9.59 Å². The number of rotatable bonds is 9. The highest BCUT2D eigenvalue weighted by Crippen LogP contribution is 2.44. The first-order chi connectivity index (χ1) is 22.3. The normalized spacial score (nSPS) is 13.5. The zero-order valence-electron chi connectivity index (χ0n) is 26.6. The number of carbonyl (C=O) groups is 2. The maximum Gasteiger partial charge on any atom is 0.266 e. The summed E-state index contributed by atoms with van der Waals surface area (Å²) in [4.78, 5) is 30.5. The molecule has 0 unspecified atom stereocenters. The van der Waals surface area contributed by atoms with Gasteiger partial charge in [0.15, 0.2) is 0 Å². The standard InChI is InChI=1S/C42H37NO3/c1-28(2)36-16-11-17-37(29(3)4)40(36)43-41(44)38(32-22-20-31(21-23-32)19-18-30-12-7-5-8-13-30)39(42(43)45)33-24-26-35(27-25-33)46-34-14-9-6-10-15-34/h5-29H,1-4H3/b19-18+. The zero-order chi connectivity index (χ0) is 32.2. The van der Waals surface area contributed by atoms with E-state index in [1.165, 1.54) is 4.90 Å². The molecular weight excluding hydrogens is 566 g/mol. The van der Waals surface area contributed by atoms with Gasteiger partial charge in [0.2, 0.25) is 0 Å². The van der Waals surface area contributed by atoms with E-state index in [0.717, 1.165) is 28.0 Å². The Balaban J connectivity index is 1.44. The van der Waals surface area contributed by atoms with Crippen LogP contribution in [0.5, 0.6) is 11.5 Å². The van der Waals surface area contributed by atoms with Gasteiger partial charge in [-0.2, -0.15) is 0 Å². The highest BCUT2D eigenvalue weighted by atomic mass is 16.5. The number of nitrogens with zero attached hydrogens (tertiary/aromatic N) is 1. The lowest BCUT2D eigenvalue weighted by Crippen LogP contribution is -2.33. The summed E-state index contributed by atoms with van der Waals surface area (Å²) in [7, 11) is 0. The van der Waals surface area contributed by atoms with Crippen molar-refractivity contribution in [3.05, 3.63) is 161 Å². The van der Waals surface area contributed by atoms with Crippen LogP contribution >= 0.6 is 0 Å². The monoisotopic (exact) mass is 603 g/mol. The fraction of sp³-hybridized carbons (Fsp3) is 0.143. The first kappa shape index (κ1) is 30.5. The number of anilines is 1. The van der Waals surface area contributed by atoms with Gasteiger partial charge in [0.05, 0.1) is 16.8 Å². The second kappa shape index (κ2) is 13.3. The summed E-state index contributed by atoms with van der Waals surface area (Å²) in [6.45, 7) is 8.37. The van der Waals surface area contributed by atoms with Gasteiger partial charge in [-0.25, -0.2) is 4.90 Å². The lowest BCUT2D eigenvalue weighted by atomic mass is 9.91. The Bertz CT molecular complexity index is 1890. The van der Waals surface area contributed by atoms with Crippen LogP contribution in [0.3, 0.4) is 0 Å². The van der Waals surface area contributed by atoms with E-state index < -0.39 is 0 Å². The van der Waals surface area contributed by atoms with Crippen molar-refractivity contribution >= 4 is 40.8 Å². The molecule has 46 heavy (non-hydrogen) atoms. The Morgan fingerprint density at radius 2 is 0.935 bits per heavy atom. The van der Waals surface area contributed by atoms with E-state index in [4.69, 9.17) is 4.74 Å². The maximum absolute atomic E-state index is 14.6. The summed E-state index contributed by atoms with van der Waals surface area (Å²) in [5.74, 6) is 0.972. The van der Waals surface area contributed by atoms with Crippen LogP contribution in [0.25, 0.3) is 23.3 Å². The molecule has 1 heterocycles. The molecule has 4 nitrogen and oxygen atoms in total. The molecule has 0 fully saturated rings. The quantitative estimate of drug-likeness (QED) is 0.124. The van der Waals surface area contributed by atoms with Crippen molar-refractivity contribution in [2.45, 2.75) is 39.5 Å². The van der Waals surface area contributed by atoms with Crippen LogP contribution < -0.4 is 9.64 Å². The van der Waals surface area contributed by atoms with Crippen LogP contribution in [0.15, 0.2) is 127 Å². The Hall–Kier alpha value is -5.48. The van der Waals surface area contributed by atoms with E-state index in [2.05, 4.69) is 45.9 Å². The minimum atomic E-state index is -0.320. The third-order valence-corrected chi connectivity index (χ3v) is 8.24. The maximum atomic E-state index is 14.6. The Morgan fingerprint density at radius 3 is 1.43 bits per heavy atom. The first-order valence-electron chi connectivity index (χ1n) is 15.7. The third-order valence-electron chi connectivity index (χ3n) is 8.24. The average Bonchev–Trinajstić information content (AvgIpc) is 3.33. The van der Waals surface area contributed by atoms with Crippen LogP contribution in [0, 0.1) is 0 Å². The average molecular weight is 604 g/mol. The Kier molecular flexibility index (Phi) is 8.80. The van der Waals surface area contributed by atoms with Crippen molar-refractivity contribution in [2.75, 3.05) is 4.90 Å². The van der Waals surface area contributed by atoms with Gasteiger partial charge in [-0.3, -0.25) is 9.59 Å². The van der Waals surface area contributed by atoms with Crippen molar-refractivity contribution in [3.63, 3.8) is 0 Å². The number of benzene rings is 5. The summed E-state index contributed by atoms with van der Waals surface area (Å²) < 4.78 is 6.01. The van der Waals surface area contributed by atoms with Gasteiger partial charge in [-0.1, -0.05) is 143 Å². The number of para-hydroxylation sites is 2. The lowest BCUT2D eigenvalue weighted by molar-refractivity contribution is -0.119. The molecule has 0 bridgehead atoms. The van der Waals surface area contributed by atoms with Gasteiger partial charge in [-0.05, 0) is 69.5 Å². The predicted octanol–water partition coefficient (Wildman–Crippen LogP) is 10.4. The molecule has 5 aromatic rings. The molecular formula is C42H37NO3. The van der Waals surface area contributed by atoms with E-state index in [0.29, 0.717) is 33.7 Å². The lowest BCUT2D eigenvalue weighted by Gasteiger charge is -2.26. The molecule has 4 heteroatoms. The fourth-order valence-electron chi connectivity index (χ4n) is 5.87. The van der Waals surface area contributed by atoms with Crippen LogP contribution in [0.4, 0.5) is 5.69 Å². The van der Waals surface area contributed by atoms with Crippen molar-refractivity contribution < 1.29 is 14.3 Å². The van der Waals surface area contributed by atoms with Crippen molar-refractivity contribution in [2.24, 2.45) is 0 Å². The Morgan fingerprint density at radius 1 is 0.500 bits per heavy atom. The molecule has 6 rings (SSSR count). The summed E-state index contributed by atoms with van der Waals surface area (Å²) in [5.41, 5.74) is 6.89. The summed E-state index contributed by atoms with van der Waals surface area (Å²) in [6.07, 6.45) is 4.10. The summed E-state index contributed by atoms with van der Waals surface area (Å²) in [6, 6.07) is 41.0. The van der Waals surface area contributed by atoms with E-state index >= 15 is 0 Å². The summed E-state index contributed by atoms with van der Waals surface area (Å²) >= 11 is 0. The van der Waals surface area contributed by atoms with Crippen LogP contribution in [0.1, 0.15) is 72.9 Å². The second-order valence-electron chi connectivity index (χ2n) is 12.1. The van der Waals surface area contributed by atoms with E-state index in [9.17, 15) is 9.59 Å².